The summed E-state index contributed by atoms with van der Waals surface area (Å²) in [5.74, 6) is 5.36. The minimum Gasteiger partial charge on any atom is -0.497 e. The van der Waals surface area contributed by atoms with E-state index in [0.717, 1.165) is 28.0 Å². The van der Waals surface area contributed by atoms with Crippen molar-refractivity contribution in [3.05, 3.63) is 158 Å². The van der Waals surface area contributed by atoms with E-state index in [9.17, 15) is 9.59 Å². The van der Waals surface area contributed by atoms with Gasteiger partial charge in [0.15, 0.2) is 28.8 Å². The first-order chi connectivity index (χ1) is 35.0. The number of imidazole rings is 4. The third kappa shape index (κ3) is 10.9. The summed E-state index contributed by atoms with van der Waals surface area (Å²) < 4.78 is 59.5. The lowest BCUT2D eigenvalue weighted by molar-refractivity contribution is 0.102. The maximum atomic E-state index is 13.0. The lowest BCUT2D eigenvalue weighted by atomic mass is 10.1. The van der Waals surface area contributed by atoms with Gasteiger partial charge in [-0.15, -0.1) is 0 Å². The number of carbonyl (C=O) groups is 2. The molecule has 0 atom stereocenters. The van der Waals surface area contributed by atoms with Crippen LogP contribution in [0.2, 0.25) is 0 Å². The number of rotatable bonds is 14. The Kier molecular flexibility index (Phi) is 16.3. The fraction of sp³-hybridized carbons (Fsp3) is 0.192. The number of methoxy groups -OCH3 is 10. The topological polar surface area (TPSA) is 196 Å². The second-order valence-electron chi connectivity index (χ2n) is 15.0. The van der Waals surface area contributed by atoms with Gasteiger partial charge in [-0.2, -0.15) is 0 Å². The highest BCUT2D eigenvalue weighted by molar-refractivity contribution is 6.12. The first-order valence-corrected chi connectivity index (χ1v) is 21.7. The average Bonchev–Trinajstić information content (AvgIpc) is 4.28. The summed E-state index contributed by atoms with van der Waals surface area (Å²) >= 11 is 0. The van der Waals surface area contributed by atoms with Gasteiger partial charge in [-0.3, -0.25) is 14.0 Å². The number of ether oxygens (including phenoxy) is 10. The molecule has 0 spiro atoms. The van der Waals surface area contributed by atoms with E-state index in [1.165, 1.54) is 42.7 Å². The summed E-state index contributed by atoms with van der Waals surface area (Å²) in [7, 11) is 15.5. The predicted molar refractivity (Wildman–Crippen MR) is 266 cm³/mol. The van der Waals surface area contributed by atoms with E-state index >= 15 is 0 Å². The fourth-order valence-electron chi connectivity index (χ4n) is 7.29. The van der Waals surface area contributed by atoms with E-state index in [2.05, 4.69) is 19.9 Å². The van der Waals surface area contributed by atoms with Crippen LogP contribution in [0.4, 0.5) is 0 Å². The standard InChI is InChI=1S/2C18H18N2O5.2C8H8N2O/c1-22-13-5-6-20-12(9-13)10-19-18(20)16(21)11-7-14(23-2)17(25-4)15(8-11)24-3;1-22-12-5-6-13-16(19-10-20(13)9-12)17(21)11-7-14(23-2)18(25-4)15(8-11)24-3;1-11-8-2-3-10-6-9-5-7(10)4-8;1-11-8-3-2-7-4-9-6-10(7)5-8/h2*5-10H,1-4H3;2*2-6H,1H3. The van der Waals surface area contributed by atoms with Crippen LogP contribution < -0.4 is 47.4 Å². The highest BCUT2D eigenvalue weighted by Gasteiger charge is 2.23. The monoisotopic (exact) mass is 980 g/mol. The lowest BCUT2D eigenvalue weighted by Crippen LogP contribution is -2.08. The van der Waals surface area contributed by atoms with Crippen LogP contribution >= 0.6 is 0 Å². The normalized spacial score (nSPS) is 10.5. The minimum absolute atomic E-state index is 0.244. The quantitative estimate of drug-likeness (QED) is 0.0954. The maximum absolute atomic E-state index is 13.0. The Morgan fingerprint density at radius 2 is 0.917 bits per heavy atom. The van der Waals surface area contributed by atoms with Gasteiger partial charge in [-0.25, -0.2) is 19.9 Å². The number of benzene rings is 2. The molecule has 0 aliphatic rings. The first kappa shape index (κ1) is 50.4. The summed E-state index contributed by atoms with van der Waals surface area (Å²) in [5, 5.41) is 0. The van der Waals surface area contributed by atoms with Gasteiger partial charge in [0, 0.05) is 35.7 Å². The van der Waals surface area contributed by atoms with Crippen LogP contribution in [0.1, 0.15) is 32.2 Å². The number of ketones is 2. The van der Waals surface area contributed by atoms with Crippen molar-refractivity contribution in [1.29, 1.82) is 0 Å². The number of nitrogens with zero attached hydrogens (tertiary/aromatic N) is 8. The van der Waals surface area contributed by atoms with Crippen LogP contribution in [0.3, 0.4) is 0 Å². The third-order valence-corrected chi connectivity index (χ3v) is 11.0. The highest BCUT2D eigenvalue weighted by Crippen LogP contribution is 2.40. The van der Waals surface area contributed by atoms with Gasteiger partial charge >= 0.3 is 0 Å². The Morgan fingerprint density at radius 3 is 1.47 bits per heavy atom. The molecule has 0 saturated heterocycles. The van der Waals surface area contributed by atoms with Gasteiger partial charge in [0.1, 0.15) is 35.0 Å². The van der Waals surface area contributed by atoms with Crippen LogP contribution in [0, 0.1) is 0 Å². The van der Waals surface area contributed by atoms with Crippen molar-refractivity contribution >= 4 is 33.6 Å². The van der Waals surface area contributed by atoms with Gasteiger partial charge in [-0.05, 0) is 60.7 Å². The van der Waals surface area contributed by atoms with Crippen LogP contribution in [0.5, 0.6) is 57.5 Å². The summed E-state index contributed by atoms with van der Waals surface area (Å²) in [6.45, 7) is 0. The van der Waals surface area contributed by atoms with Crippen molar-refractivity contribution in [2.45, 2.75) is 0 Å². The predicted octanol–water partition coefficient (Wildman–Crippen LogP) is 7.89. The fourth-order valence-corrected chi connectivity index (χ4v) is 7.29. The molecule has 0 radical (unpaired) electrons. The molecule has 20 nitrogen and oxygen atoms in total. The Morgan fingerprint density at radius 1 is 0.417 bits per heavy atom. The van der Waals surface area contributed by atoms with Gasteiger partial charge in [0.2, 0.25) is 23.1 Å². The second kappa shape index (κ2) is 23.2. The molecule has 0 saturated carbocycles. The lowest BCUT2D eigenvalue weighted by Gasteiger charge is -2.13. The molecular weight excluding hydrogens is 929 g/mol. The Labute approximate surface area is 413 Å². The summed E-state index contributed by atoms with van der Waals surface area (Å²) in [4.78, 5) is 42.4. The Bertz CT molecular complexity index is 3190. The smallest absolute Gasteiger partial charge is 0.229 e. The highest BCUT2D eigenvalue weighted by atomic mass is 16.5. The SMILES string of the molecule is COc1ccc2c(C(=O)c3cc(OC)c(OC)c(OC)c3)ncn2c1.COc1ccc2cncn2c1.COc1ccn2c(C(=O)c3cc(OC)c(OC)c(OC)c3)ncc2c1.COc1ccn2cncc2c1. The van der Waals surface area contributed by atoms with Gasteiger partial charge in [-0.1, -0.05) is 0 Å². The molecule has 20 heteroatoms. The second-order valence-corrected chi connectivity index (χ2v) is 15.0. The van der Waals surface area contributed by atoms with Crippen molar-refractivity contribution in [3.63, 3.8) is 0 Å². The largest absolute Gasteiger partial charge is 0.497 e. The van der Waals surface area contributed by atoms with E-state index in [1.54, 1.807) is 136 Å². The van der Waals surface area contributed by atoms with E-state index in [-0.39, 0.29) is 17.4 Å². The van der Waals surface area contributed by atoms with Crippen molar-refractivity contribution in [1.82, 2.24) is 37.5 Å². The van der Waals surface area contributed by atoms with Crippen molar-refractivity contribution < 1.29 is 57.0 Å². The van der Waals surface area contributed by atoms with Crippen LogP contribution in [0.15, 0.2) is 135 Å². The van der Waals surface area contributed by atoms with Gasteiger partial charge < -0.3 is 60.6 Å². The van der Waals surface area contributed by atoms with Gasteiger partial charge in [0.05, 0.1) is 137 Å². The molecule has 0 bridgehead atoms. The number of aromatic nitrogens is 8. The molecule has 0 aliphatic carbocycles. The molecule has 0 unspecified atom stereocenters. The Balaban J connectivity index is 0.000000150. The van der Waals surface area contributed by atoms with Crippen LogP contribution in [-0.2, 0) is 0 Å². The molecule has 72 heavy (non-hydrogen) atoms. The van der Waals surface area contributed by atoms with E-state index in [0.29, 0.717) is 68.3 Å². The van der Waals surface area contributed by atoms with E-state index in [4.69, 9.17) is 47.4 Å². The molecule has 0 N–H and O–H groups in total. The summed E-state index contributed by atoms with van der Waals surface area (Å²) in [6, 6.07) is 21.3. The molecule has 372 valence electrons. The van der Waals surface area contributed by atoms with Crippen molar-refractivity contribution in [2.75, 3.05) is 71.1 Å². The molecule has 0 fully saturated rings. The number of carbonyl (C=O) groups excluding carboxylic acids is 2. The van der Waals surface area contributed by atoms with Gasteiger partial charge in [0.25, 0.3) is 0 Å². The summed E-state index contributed by atoms with van der Waals surface area (Å²) in [6.07, 6.45) is 17.6. The number of hydrogen-bond donors (Lipinski definition) is 0. The molecule has 10 rings (SSSR count). The van der Waals surface area contributed by atoms with Crippen LogP contribution in [-0.4, -0.2) is 120 Å². The summed E-state index contributed by atoms with van der Waals surface area (Å²) in [5.41, 5.74) is 4.67. The zero-order valence-electron chi connectivity index (χ0n) is 41.2. The van der Waals surface area contributed by atoms with Crippen molar-refractivity contribution in [2.24, 2.45) is 0 Å². The zero-order chi connectivity index (χ0) is 51.3. The third-order valence-electron chi connectivity index (χ3n) is 11.0. The van der Waals surface area contributed by atoms with Crippen molar-refractivity contribution in [3.8, 4) is 57.5 Å². The molecule has 0 aliphatic heterocycles. The molecule has 2 aromatic carbocycles. The molecular formula is C52H52N8O12. The van der Waals surface area contributed by atoms with Crippen LogP contribution in [0.25, 0.3) is 22.1 Å². The zero-order valence-corrected chi connectivity index (χ0v) is 41.2. The first-order valence-electron chi connectivity index (χ1n) is 21.7. The number of hydrogen-bond acceptors (Lipinski definition) is 16. The number of fused-ring (bicyclic) bond motifs is 4. The molecule has 0 amide bonds. The Hall–Kier alpha value is -9.46. The minimum atomic E-state index is -0.260. The van der Waals surface area contributed by atoms with E-state index < -0.39 is 0 Å². The molecule has 8 heterocycles. The van der Waals surface area contributed by atoms with E-state index in [1.807, 2.05) is 45.5 Å². The average molecular weight is 981 g/mol. The molecule has 8 aromatic heterocycles. The molecule has 10 aromatic rings. The maximum Gasteiger partial charge on any atom is 0.229 e. The number of pyridine rings is 4.